The van der Waals surface area contributed by atoms with Gasteiger partial charge in [0.25, 0.3) is 11.6 Å². The third kappa shape index (κ3) is 6.41. The lowest BCUT2D eigenvalue weighted by Crippen LogP contribution is -2.32. The first-order chi connectivity index (χ1) is 19.5. The van der Waals surface area contributed by atoms with Crippen molar-refractivity contribution < 1.29 is 14.1 Å². The number of nitro benzene ring substituents is 1. The number of hydrogen-bond donors (Lipinski definition) is 1. The lowest BCUT2D eigenvalue weighted by Gasteiger charge is -2.20. The number of rotatable bonds is 10. The molecule has 0 radical (unpaired) electrons. The predicted molar refractivity (Wildman–Crippen MR) is 151 cm³/mol. The number of amides is 1. The second-order valence-electron chi connectivity index (χ2n) is 8.95. The first kappa shape index (κ1) is 26.8. The van der Waals surface area contributed by atoms with Crippen LogP contribution in [0.3, 0.4) is 0 Å². The second-order valence-corrected chi connectivity index (χ2v) is 9.89. The fourth-order valence-electron chi connectivity index (χ4n) is 4.18. The smallest absolute Gasteiger partial charge is 0.269 e. The van der Waals surface area contributed by atoms with Gasteiger partial charge in [0.05, 0.1) is 11.0 Å². The van der Waals surface area contributed by atoms with Gasteiger partial charge in [0.15, 0.2) is 11.0 Å². The Balaban J connectivity index is 1.55. The lowest BCUT2D eigenvalue weighted by atomic mass is 10.0. The average molecular weight is 554 g/mol. The van der Waals surface area contributed by atoms with Gasteiger partial charge in [-0.15, -0.1) is 10.2 Å². The molecule has 10 heteroatoms. The Kier molecular flexibility index (Phi) is 8.26. The van der Waals surface area contributed by atoms with Crippen LogP contribution in [0.15, 0.2) is 114 Å². The van der Waals surface area contributed by atoms with Gasteiger partial charge in [0.1, 0.15) is 5.82 Å². The molecule has 0 fully saturated rings. The summed E-state index contributed by atoms with van der Waals surface area (Å²) in [5, 5.41) is 23.9. The van der Waals surface area contributed by atoms with Crippen molar-refractivity contribution in [2.45, 2.75) is 23.4 Å². The number of non-ortho nitro benzene ring substituents is 1. The number of thioether (sulfide) groups is 1. The van der Waals surface area contributed by atoms with E-state index in [0.717, 1.165) is 11.1 Å². The van der Waals surface area contributed by atoms with Gasteiger partial charge >= 0.3 is 0 Å². The van der Waals surface area contributed by atoms with Gasteiger partial charge in [-0.2, -0.15) is 0 Å². The minimum Gasteiger partial charge on any atom is -0.342 e. The molecule has 0 bridgehead atoms. The number of benzene rings is 4. The van der Waals surface area contributed by atoms with E-state index in [0.29, 0.717) is 34.4 Å². The molecule has 1 aromatic heterocycles. The highest BCUT2D eigenvalue weighted by Crippen LogP contribution is 2.30. The molecule has 0 spiro atoms. The first-order valence-corrected chi connectivity index (χ1v) is 13.4. The number of carbonyl (C=O) groups is 1. The van der Waals surface area contributed by atoms with Crippen LogP contribution in [0.25, 0.3) is 5.69 Å². The number of nitrogens with one attached hydrogen (secondary N) is 1. The Bertz CT molecular complexity index is 1590. The lowest BCUT2D eigenvalue weighted by molar-refractivity contribution is -0.384. The molecule has 1 heterocycles. The fraction of sp³-hybridized carbons (Fsp3) is 0.100. The molecule has 0 aliphatic rings. The molecule has 1 N–H and O–H groups in total. The minimum absolute atomic E-state index is 0.0443. The maximum Gasteiger partial charge on any atom is 0.269 e. The van der Waals surface area contributed by atoms with Crippen LogP contribution < -0.4 is 5.32 Å². The highest BCUT2D eigenvalue weighted by molar-refractivity contribution is 7.98. The van der Waals surface area contributed by atoms with Crippen LogP contribution in [0.4, 0.5) is 10.1 Å². The van der Waals surface area contributed by atoms with Crippen molar-refractivity contribution in [3.8, 4) is 5.69 Å². The minimum atomic E-state index is -0.571. The van der Waals surface area contributed by atoms with E-state index in [1.165, 1.54) is 36.0 Å². The molecule has 0 aliphatic heterocycles. The molecule has 1 amide bonds. The SMILES string of the molecule is O=C(NC(Cc1ccccc1)c1nnc(SCc2ccc(F)cc2)n1-c1ccc([N+](=O)[O-])cc1)c1ccccc1. The summed E-state index contributed by atoms with van der Waals surface area (Å²) < 4.78 is 15.2. The summed E-state index contributed by atoms with van der Waals surface area (Å²) in [6.07, 6.45) is 0.438. The summed E-state index contributed by atoms with van der Waals surface area (Å²) in [6.45, 7) is 0. The molecule has 5 aromatic rings. The van der Waals surface area contributed by atoms with Crippen molar-refractivity contribution >= 4 is 23.4 Å². The van der Waals surface area contributed by atoms with E-state index in [1.807, 2.05) is 36.4 Å². The van der Waals surface area contributed by atoms with Crippen molar-refractivity contribution in [3.05, 3.63) is 148 Å². The number of aromatic nitrogens is 3. The van der Waals surface area contributed by atoms with Crippen molar-refractivity contribution in [3.63, 3.8) is 0 Å². The van der Waals surface area contributed by atoms with Crippen molar-refractivity contribution in [1.82, 2.24) is 20.1 Å². The van der Waals surface area contributed by atoms with Crippen LogP contribution in [0.2, 0.25) is 0 Å². The monoisotopic (exact) mass is 553 g/mol. The van der Waals surface area contributed by atoms with E-state index < -0.39 is 11.0 Å². The Morgan fingerprint density at radius 2 is 1.52 bits per heavy atom. The van der Waals surface area contributed by atoms with Gasteiger partial charge in [-0.3, -0.25) is 19.5 Å². The standard InChI is InChI=1S/C30H24FN5O3S/c31-24-13-11-22(12-14-24)20-40-30-34-33-28(35(30)25-15-17-26(18-16-25)36(38)39)27(19-21-7-3-1-4-8-21)32-29(37)23-9-5-2-6-10-23/h1-18,27H,19-20H2,(H,32,37). The number of hydrogen-bond acceptors (Lipinski definition) is 6. The summed E-state index contributed by atoms with van der Waals surface area (Å²) in [7, 11) is 0. The highest BCUT2D eigenvalue weighted by Gasteiger charge is 2.26. The molecule has 0 saturated carbocycles. The largest absolute Gasteiger partial charge is 0.342 e. The topological polar surface area (TPSA) is 103 Å². The Morgan fingerprint density at radius 3 is 2.17 bits per heavy atom. The van der Waals surface area contributed by atoms with E-state index in [2.05, 4.69) is 15.5 Å². The van der Waals surface area contributed by atoms with Crippen LogP contribution in [0, 0.1) is 15.9 Å². The third-order valence-electron chi connectivity index (χ3n) is 6.19. The summed E-state index contributed by atoms with van der Waals surface area (Å²) in [4.78, 5) is 24.1. The molecular weight excluding hydrogens is 529 g/mol. The fourth-order valence-corrected chi connectivity index (χ4v) is 5.10. The zero-order valence-corrected chi connectivity index (χ0v) is 22.0. The zero-order valence-electron chi connectivity index (χ0n) is 21.2. The van der Waals surface area contributed by atoms with Crippen molar-refractivity contribution in [2.75, 3.05) is 0 Å². The molecule has 40 heavy (non-hydrogen) atoms. The first-order valence-electron chi connectivity index (χ1n) is 12.4. The third-order valence-corrected chi connectivity index (χ3v) is 7.19. The molecule has 0 aliphatic carbocycles. The molecular formula is C30H24FN5O3S. The molecule has 4 aromatic carbocycles. The Hall–Kier alpha value is -4.83. The zero-order chi connectivity index (χ0) is 27.9. The summed E-state index contributed by atoms with van der Waals surface area (Å²) in [5.74, 6) is 0.386. The number of halogens is 1. The Morgan fingerprint density at radius 1 is 0.875 bits per heavy atom. The Labute approximate surface area is 234 Å². The van der Waals surface area contributed by atoms with Crippen LogP contribution in [0.5, 0.6) is 0 Å². The van der Waals surface area contributed by atoms with E-state index in [4.69, 9.17) is 0 Å². The highest BCUT2D eigenvalue weighted by atomic mass is 32.2. The van der Waals surface area contributed by atoms with Crippen LogP contribution in [-0.2, 0) is 12.2 Å². The second kappa shape index (κ2) is 12.4. The van der Waals surface area contributed by atoms with E-state index in [9.17, 15) is 19.3 Å². The average Bonchev–Trinajstić information content (AvgIpc) is 3.41. The van der Waals surface area contributed by atoms with Gasteiger partial charge in [0, 0.05) is 29.1 Å². The molecule has 0 saturated heterocycles. The van der Waals surface area contributed by atoms with Gasteiger partial charge in [-0.05, 0) is 53.9 Å². The number of nitro groups is 1. The molecule has 5 rings (SSSR count). The van der Waals surface area contributed by atoms with Gasteiger partial charge < -0.3 is 5.32 Å². The van der Waals surface area contributed by atoms with Crippen LogP contribution in [-0.4, -0.2) is 25.6 Å². The normalized spacial score (nSPS) is 11.6. The maximum atomic E-state index is 13.4. The predicted octanol–water partition coefficient (Wildman–Crippen LogP) is 6.32. The maximum absolute atomic E-state index is 13.4. The summed E-state index contributed by atoms with van der Waals surface area (Å²) in [5.41, 5.74) is 2.95. The van der Waals surface area contributed by atoms with E-state index >= 15 is 0 Å². The number of carbonyl (C=O) groups excluding carboxylic acids is 1. The molecule has 200 valence electrons. The van der Waals surface area contributed by atoms with Gasteiger partial charge in [-0.1, -0.05) is 72.4 Å². The van der Waals surface area contributed by atoms with Crippen molar-refractivity contribution in [1.29, 1.82) is 0 Å². The quantitative estimate of drug-likeness (QED) is 0.123. The molecule has 8 nitrogen and oxygen atoms in total. The molecule has 1 unspecified atom stereocenters. The van der Waals surface area contributed by atoms with Crippen LogP contribution >= 0.6 is 11.8 Å². The summed E-state index contributed by atoms with van der Waals surface area (Å²) >= 11 is 1.39. The van der Waals surface area contributed by atoms with Crippen molar-refractivity contribution in [2.24, 2.45) is 0 Å². The van der Waals surface area contributed by atoms with Gasteiger partial charge in [0.2, 0.25) is 0 Å². The van der Waals surface area contributed by atoms with Gasteiger partial charge in [-0.25, -0.2) is 4.39 Å². The molecule has 1 atom stereocenters. The number of nitrogens with zero attached hydrogens (tertiary/aromatic N) is 4. The van der Waals surface area contributed by atoms with E-state index in [1.54, 1.807) is 53.1 Å². The summed E-state index contributed by atoms with van der Waals surface area (Å²) in [6, 6.07) is 30.4. The van der Waals surface area contributed by atoms with Crippen LogP contribution in [0.1, 0.15) is 33.4 Å². The van der Waals surface area contributed by atoms with E-state index in [-0.39, 0.29) is 17.4 Å².